The first-order valence-electron chi connectivity index (χ1n) is 4.99. The van der Waals surface area contributed by atoms with Crippen molar-refractivity contribution in [2.45, 2.75) is 39.2 Å². The molecular weight excluding hydrogens is 134 g/mol. The van der Waals surface area contributed by atoms with Gasteiger partial charge in [-0.3, -0.25) is 0 Å². The number of fused-ring (bicyclic) bond motifs is 1. The molecule has 11 heavy (non-hydrogen) atoms. The lowest BCUT2D eigenvalue weighted by molar-refractivity contribution is 0.160. The minimum atomic E-state index is 0.953. The Morgan fingerprint density at radius 1 is 1.09 bits per heavy atom. The van der Waals surface area contributed by atoms with Crippen LogP contribution in [0.3, 0.4) is 0 Å². The predicted octanol–water partition coefficient (Wildman–Crippen LogP) is 2.13. The van der Waals surface area contributed by atoms with Crippen LogP contribution in [0.2, 0.25) is 0 Å². The maximum atomic E-state index is 2.70. The van der Waals surface area contributed by atoms with E-state index in [1.54, 1.807) is 0 Å². The highest BCUT2D eigenvalue weighted by Crippen LogP contribution is 2.32. The summed E-state index contributed by atoms with van der Waals surface area (Å²) in [6.45, 7) is 7.54. The number of hydrogen-bond donors (Lipinski definition) is 0. The van der Waals surface area contributed by atoms with Crippen LogP contribution < -0.4 is 0 Å². The van der Waals surface area contributed by atoms with Crippen molar-refractivity contribution < 1.29 is 0 Å². The van der Waals surface area contributed by atoms with Gasteiger partial charge in [0.2, 0.25) is 0 Å². The molecule has 0 aromatic heterocycles. The van der Waals surface area contributed by atoms with Crippen LogP contribution in [0.15, 0.2) is 0 Å². The van der Waals surface area contributed by atoms with Crippen molar-refractivity contribution in [2.75, 3.05) is 13.1 Å². The van der Waals surface area contributed by atoms with Crippen molar-refractivity contribution in [3.63, 3.8) is 0 Å². The fraction of sp³-hybridized carbons (Fsp3) is 1.00. The molecule has 1 nitrogen and oxygen atoms in total. The van der Waals surface area contributed by atoms with Crippen molar-refractivity contribution in [2.24, 2.45) is 11.8 Å². The third kappa shape index (κ3) is 1.44. The van der Waals surface area contributed by atoms with Crippen LogP contribution in [0.1, 0.15) is 33.1 Å². The summed E-state index contributed by atoms with van der Waals surface area (Å²) in [5.41, 5.74) is 0. The smallest absolute Gasteiger partial charge is 0.0101 e. The summed E-state index contributed by atoms with van der Waals surface area (Å²) in [6.07, 6.45) is 4.36. The first-order valence-corrected chi connectivity index (χ1v) is 4.99. The van der Waals surface area contributed by atoms with E-state index in [0.29, 0.717) is 0 Å². The first-order chi connectivity index (χ1) is 5.25. The highest BCUT2D eigenvalue weighted by molar-refractivity contribution is 4.87. The number of rotatable bonds is 0. The van der Waals surface area contributed by atoms with Crippen molar-refractivity contribution in [3.8, 4) is 0 Å². The van der Waals surface area contributed by atoms with Gasteiger partial charge in [0.05, 0.1) is 0 Å². The Morgan fingerprint density at radius 3 is 2.64 bits per heavy atom. The molecule has 64 valence electrons. The average molecular weight is 153 g/mol. The lowest BCUT2D eigenvalue weighted by Gasteiger charge is -2.32. The molecule has 2 aliphatic heterocycles. The van der Waals surface area contributed by atoms with Crippen LogP contribution in [0.25, 0.3) is 0 Å². The maximum Gasteiger partial charge on any atom is 0.0101 e. The zero-order valence-electron chi connectivity index (χ0n) is 7.71. The molecule has 0 spiro atoms. The summed E-state index contributed by atoms with van der Waals surface area (Å²) in [5, 5.41) is 0. The minimum absolute atomic E-state index is 0.953. The highest BCUT2D eigenvalue weighted by atomic mass is 15.2. The maximum absolute atomic E-state index is 2.70. The summed E-state index contributed by atoms with van der Waals surface area (Å²) >= 11 is 0. The Labute approximate surface area is 69.8 Å². The van der Waals surface area contributed by atoms with Gasteiger partial charge in [-0.15, -0.1) is 0 Å². The Balaban J connectivity index is 1.97. The first kappa shape index (κ1) is 7.60. The second kappa shape index (κ2) is 2.78. The van der Waals surface area contributed by atoms with Gasteiger partial charge in [0, 0.05) is 12.6 Å². The van der Waals surface area contributed by atoms with E-state index in [1.165, 1.54) is 32.4 Å². The molecule has 2 saturated heterocycles. The fourth-order valence-corrected chi connectivity index (χ4v) is 2.73. The Bertz CT molecular complexity index is 144. The highest BCUT2D eigenvalue weighted by Gasteiger charge is 2.33. The molecule has 0 aliphatic carbocycles. The molecule has 0 radical (unpaired) electrons. The second-order valence-corrected chi connectivity index (χ2v) is 4.62. The molecule has 0 aromatic rings. The van der Waals surface area contributed by atoms with Gasteiger partial charge in [0.25, 0.3) is 0 Å². The topological polar surface area (TPSA) is 3.24 Å². The van der Waals surface area contributed by atoms with Gasteiger partial charge < -0.3 is 4.90 Å². The van der Waals surface area contributed by atoms with Gasteiger partial charge in [0.1, 0.15) is 0 Å². The molecule has 2 aliphatic rings. The molecule has 2 heterocycles. The van der Waals surface area contributed by atoms with Gasteiger partial charge in [-0.05, 0) is 37.6 Å². The summed E-state index contributed by atoms with van der Waals surface area (Å²) in [6, 6.07) is 0.953. The van der Waals surface area contributed by atoms with Crippen LogP contribution in [-0.2, 0) is 0 Å². The molecule has 0 aromatic carbocycles. The molecule has 2 fully saturated rings. The monoisotopic (exact) mass is 153 g/mol. The quantitative estimate of drug-likeness (QED) is 0.515. The van der Waals surface area contributed by atoms with E-state index in [4.69, 9.17) is 0 Å². The number of nitrogens with zero attached hydrogens (tertiary/aromatic N) is 1. The largest absolute Gasteiger partial charge is 0.300 e. The van der Waals surface area contributed by atoms with E-state index < -0.39 is 0 Å². The van der Waals surface area contributed by atoms with E-state index in [2.05, 4.69) is 18.7 Å². The lowest BCUT2D eigenvalue weighted by atomic mass is 9.92. The van der Waals surface area contributed by atoms with E-state index in [1.807, 2.05) is 0 Å². The van der Waals surface area contributed by atoms with Gasteiger partial charge in [-0.1, -0.05) is 13.8 Å². The molecule has 0 saturated carbocycles. The van der Waals surface area contributed by atoms with Crippen molar-refractivity contribution in [1.29, 1.82) is 0 Å². The third-order valence-corrected chi connectivity index (χ3v) is 3.32. The SMILES string of the molecule is C[C@@H]1CCN2C[C@@H](C)C[C@@H]2C1. The lowest BCUT2D eigenvalue weighted by Crippen LogP contribution is -2.37. The van der Waals surface area contributed by atoms with Gasteiger partial charge in [0.15, 0.2) is 0 Å². The average Bonchev–Trinajstić information content (AvgIpc) is 2.27. The normalized spacial score (nSPS) is 45.8. The Hall–Kier alpha value is -0.0400. The van der Waals surface area contributed by atoms with Gasteiger partial charge >= 0.3 is 0 Å². The van der Waals surface area contributed by atoms with Crippen LogP contribution in [0, 0.1) is 11.8 Å². The Kier molecular flexibility index (Phi) is 1.92. The van der Waals surface area contributed by atoms with Crippen LogP contribution in [0.5, 0.6) is 0 Å². The minimum Gasteiger partial charge on any atom is -0.300 e. The summed E-state index contributed by atoms with van der Waals surface area (Å²) in [5.74, 6) is 1.95. The summed E-state index contributed by atoms with van der Waals surface area (Å²) < 4.78 is 0. The van der Waals surface area contributed by atoms with E-state index in [-0.39, 0.29) is 0 Å². The third-order valence-electron chi connectivity index (χ3n) is 3.32. The van der Waals surface area contributed by atoms with Crippen LogP contribution in [0.4, 0.5) is 0 Å². The molecule has 0 amide bonds. The number of hydrogen-bond acceptors (Lipinski definition) is 1. The van der Waals surface area contributed by atoms with Gasteiger partial charge in [-0.25, -0.2) is 0 Å². The summed E-state index contributed by atoms with van der Waals surface area (Å²) in [4.78, 5) is 2.70. The zero-order chi connectivity index (χ0) is 7.84. The second-order valence-electron chi connectivity index (χ2n) is 4.62. The van der Waals surface area contributed by atoms with E-state index in [0.717, 1.165) is 17.9 Å². The molecule has 0 unspecified atom stereocenters. The summed E-state index contributed by atoms with van der Waals surface area (Å²) in [7, 11) is 0. The molecule has 1 heteroatoms. The predicted molar refractivity (Wildman–Crippen MR) is 47.5 cm³/mol. The van der Waals surface area contributed by atoms with Crippen LogP contribution >= 0.6 is 0 Å². The van der Waals surface area contributed by atoms with E-state index in [9.17, 15) is 0 Å². The molecule has 0 N–H and O–H groups in total. The standard InChI is InChI=1S/C10H19N/c1-8-3-4-11-7-9(2)6-10(11)5-8/h8-10H,3-7H2,1-2H3/t8-,9+,10+/m1/s1. The molecular formula is C10H19N. The van der Waals surface area contributed by atoms with Crippen molar-refractivity contribution in [3.05, 3.63) is 0 Å². The molecule has 2 rings (SSSR count). The molecule has 0 bridgehead atoms. The van der Waals surface area contributed by atoms with Crippen LogP contribution in [-0.4, -0.2) is 24.0 Å². The van der Waals surface area contributed by atoms with E-state index >= 15 is 0 Å². The fourth-order valence-electron chi connectivity index (χ4n) is 2.73. The van der Waals surface area contributed by atoms with Crippen molar-refractivity contribution >= 4 is 0 Å². The van der Waals surface area contributed by atoms with Crippen molar-refractivity contribution in [1.82, 2.24) is 4.90 Å². The zero-order valence-corrected chi connectivity index (χ0v) is 7.71. The van der Waals surface area contributed by atoms with Gasteiger partial charge in [-0.2, -0.15) is 0 Å². The number of piperidine rings is 1. The molecule has 3 atom stereocenters. The Morgan fingerprint density at radius 2 is 1.82 bits per heavy atom.